The first kappa shape index (κ1) is 19.4. The van der Waals surface area contributed by atoms with Crippen LogP contribution in [0.25, 0.3) is 0 Å². The second-order valence-corrected chi connectivity index (χ2v) is 8.03. The zero-order chi connectivity index (χ0) is 19.8. The lowest BCUT2D eigenvalue weighted by Crippen LogP contribution is -2.38. The molecule has 0 bridgehead atoms. The fraction of sp³-hybridized carbons (Fsp3) is 0.579. The summed E-state index contributed by atoms with van der Waals surface area (Å²) in [7, 11) is 0. The van der Waals surface area contributed by atoms with Crippen molar-refractivity contribution < 1.29 is 23.0 Å². The second kappa shape index (κ2) is 7.32. The van der Waals surface area contributed by atoms with Crippen molar-refractivity contribution in [3.8, 4) is 5.75 Å². The molecule has 2 unspecified atom stereocenters. The number of rotatable bonds is 4. The standard InChI is InChI=1S/C19H25F2N3O3/c1-10-12(8-23-24-10)6-14-16(21)15(20)7-11-5-13(26-17(11)14)9-22-18(25)27-19(2,3)4/h7-8,10,12-13,24H,5-6,9H2,1-4H3,(H,22,25)/t10-,12?,13?/m1/s1. The van der Waals surface area contributed by atoms with Crippen LogP contribution in [-0.4, -0.2) is 36.6 Å². The lowest BCUT2D eigenvalue weighted by atomic mass is 9.93. The minimum Gasteiger partial charge on any atom is -0.488 e. The lowest BCUT2D eigenvalue weighted by Gasteiger charge is -2.21. The number of alkyl carbamates (subject to hydrolysis) is 1. The topological polar surface area (TPSA) is 72.0 Å². The molecule has 2 N–H and O–H groups in total. The van der Waals surface area contributed by atoms with Crippen molar-refractivity contribution in [1.29, 1.82) is 0 Å². The summed E-state index contributed by atoms with van der Waals surface area (Å²) in [6, 6.07) is 1.21. The predicted molar refractivity (Wildman–Crippen MR) is 97.0 cm³/mol. The fourth-order valence-corrected chi connectivity index (χ4v) is 3.23. The van der Waals surface area contributed by atoms with Gasteiger partial charge in [-0.25, -0.2) is 13.6 Å². The van der Waals surface area contributed by atoms with E-state index in [4.69, 9.17) is 9.47 Å². The van der Waals surface area contributed by atoms with Crippen molar-refractivity contribution >= 4 is 12.3 Å². The summed E-state index contributed by atoms with van der Waals surface area (Å²) < 4.78 is 39.6. The van der Waals surface area contributed by atoms with Gasteiger partial charge in [-0.2, -0.15) is 5.10 Å². The lowest BCUT2D eigenvalue weighted by molar-refractivity contribution is 0.0506. The Kier molecular flexibility index (Phi) is 5.26. The summed E-state index contributed by atoms with van der Waals surface area (Å²) in [4.78, 5) is 11.8. The average Bonchev–Trinajstić information content (AvgIpc) is 3.14. The molecule has 0 saturated heterocycles. The highest BCUT2D eigenvalue weighted by Crippen LogP contribution is 2.37. The quantitative estimate of drug-likeness (QED) is 0.841. The van der Waals surface area contributed by atoms with Gasteiger partial charge in [0.25, 0.3) is 0 Å². The van der Waals surface area contributed by atoms with Crippen LogP contribution in [0.2, 0.25) is 0 Å². The summed E-state index contributed by atoms with van der Waals surface area (Å²) in [6.07, 6.45) is 1.43. The first-order valence-electron chi connectivity index (χ1n) is 9.06. The molecule has 0 radical (unpaired) electrons. The van der Waals surface area contributed by atoms with Crippen LogP contribution in [-0.2, 0) is 17.6 Å². The van der Waals surface area contributed by atoms with Gasteiger partial charge in [0.05, 0.1) is 6.54 Å². The Labute approximate surface area is 157 Å². The molecule has 0 fully saturated rings. The number of hydrazone groups is 1. The van der Waals surface area contributed by atoms with E-state index in [1.807, 2.05) is 6.92 Å². The average molecular weight is 381 g/mol. The molecular formula is C19H25F2N3O3. The van der Waals surface area contributed by atoms with Crippen molar-refractivity contribution in [3.05, 3.63) is 28.8 Å². The molecule has 0 aromatic heterocycles. The van der Waals surface area contributed by atoms with Gasteiger partial charge in [-0.1, -0.05) is 0 Å². The number of halogens is 2. The molecule has 8 heteroatoms. The van der Waals surface area contributed by atoms with Crippen molar-refractivity contribution in [1.82, 2.24) is 10.7 Å². The van der Waals surface area contributed by atoms with Crippen LogP contribution in [0.15, 0.2) is 11.2 Å². The highest BCUT2D eigenvalue weighted by atomic mass is 19.2. The molecule has 1 amide bonds. The van der Waals surface area contributed by atoms with Crippen molar-refractivity contribution in [3.63, 3.8) is 0 Å². The normalized spacial score (nSPS) is 23.6. The summed E-state index contributed by atoms with van der Waals surface area (Å²) in [5.41, 5.74) is 3.13. The van der Waals surface area contributed by atoms with Gasteiger partial charge in [-0.3, -0.25) is 0 Å². The largest absolute Gasteiger partial charge is 0.488 e. The highest BCUT2D eigenvalue weighted by Gasteiger charge is 2.32. The molecule has 3 atom stereocenters. The third-order valence-corrected chi connectivity index (χ3v) is 4.57. The number of nitrogens with one attached hydrogen (secondary N) is 2. The van der Waals surface area contributed by atoms with Gasteiger partial charge in [0.15, 0.2) is 11.6 Å². The van der Waals surface area contributed by atoms with Gasteiger partial charge in [0.1, 0.15) is 17.5 Å². The van der Waals surface area contributed by atoms with Gasteiger partial charge < -0.3 is 20.2 Å². The molecule has 2 aliphatic heterocycles. The van der Waals surface area contributed by atoms with Crippen LogP contribution >= 0.6 is 0 Å². The summed E-state index contributed by atoms with van der Waals surface area (Å²) in [6.45, 7) is 7.44. The van der Waals surface area contributed by atoms with E-state index >= 15 is 0 Å². The molecule has 1 aromatic carbocycles. The Balaban J connectivity index is 1.70. The number of hydrogen-bond acceptors (Lipinski definition) is 5. The molecule has 2 heterocycles. The highest BCUT2D eigenvalue weighted by molar-refractivity contribution is 5.67. The number of amides is 1. The zero-order valence-electron chi connectivity index (χ0n) is 15.9. The van der Waals surface area contributed by atoms with E-state index in [9.17, 15) is 13.6 Å². The molecule has 27 heavy (non-hydrogen) atoms. The predicted octanol–water partition coefficient (Wildman–Crippen LogP) is 2.93. The minimum atomic E-state index is -0.887. The van der Waals surface area contributed by atoms with Crippen LogP contribution in [0.3, 0.4) is 0 Å². The van der Waals surface area contributed by atoms with E-state index in [0.717, 1.165) is 0 Å². The number of ether oxygens (including phenoxy) is 2. The third-order valence-electron chi connectivity index (χ3n) is 4.57. The number of hydrogen-bond donors (Lipinski definition) is 2. The molecule has 3 rings (SSSR count). The van der Waals surface area contributed by atoms with E-state index in [-0.39, 0.29) is 30.5 Å². The number of nitrogens with zero attached hydrogens (tertiary/aromatic N) is 1. The molecule has 6 nitrogen and oxygen atoms in total. The molecule has 1 aromatic rings. The first-order chi connectivity index (χ1) is 12.6. The van der Waals surface area contributed by atoms with Gasteiger partial charge in [-0.05, 0) is 40.2 Å². The molecule has 2 aliphatic rings. The first-order valence-corrected chi connectivity index (χ1v) is 9.06. The molecule has 0 spiro atoms. The maximum atomic E-state index is 14.5. The van der Waals surface area contributed by atoms with Gasteiger partial charge in [-0.15, -0.1) is 0 Å². The summed E-state index contributed by atoms with van der Waals surface area (Å²) >= 11 is 0. The fourth-order valence-electron chi connectivity index (χ4n) is 3.23. The van der Waals surface area contributed by atoms with E-state index in [1.54, 1.807) is 27.0 Å². The summed E-state index contributed by atoms with van der Waals surface area (Å²) in [5, 5.41) is 6.63. The molecule has 0 saturated carbocycles. The Morgan fingerprint density at radius 2 is 2.19 bits per heavy atom. The number of fused-ring (bicyclic) bond motifs is 1. The van der Waals surface area contributed by atoms with Gasteiger partial charge in [0, 0.05) is 35.7 Å². The molecule has 148 valence electrons. The maximum Gasteiger partial charge on any atom is 0.407 e. The molecular weight excluding hydrogens is 356 g/mol. The monoisotopic (exact) mass is 381 g/mol. The second-order valence-electron chi connectivity index (χ2n) is 8.03. The Hall–Kier alpha value is -2.38. The van der Waals surface area contributed by atoms with Crippen molar-refractivity contribution in [2.24, 2.45) is 11.0 Å². The number of carbonyl (C=O) groups is 1. The van der Waals surface area contributed by atoms with Gasteiger partial charge in [0.2, 0.25) is 0 Å². The van der Waals surface area contributed by atoms with Crippen LogP contribution in [0, 0.1) is 17.6 Å². The molecule has 0 aliphatic carbocycles. The minimum absolute atomic E-state index is 0.0364. The van der Waals surface area contributed by atoms with Crippen molar-refractivity contribution in [2.45, 2.75) is 58.3 Å². The van der Waals surface area contributed by atoms with Crippen molar-refractivity contribution in [2.75, 3.05) is 6.54 Å². The van der Waals surface area contributed by atoms with Gasteiger partial charge >= 0.3 is 6.09 Å². The smallest absolute Gasteiger partial charge is 0.407 e. The Bertz CT molecular complexity index is 762. The van der Waals surface area contributed by atoms with Crippen LogP contribution in [0.1, 0.15) is 38.8 Å². The maximum absolute atomic E-state index is 14.5. The van der Waals surface area contributed by atoms with Crippen LogP contribution in [0.4, 0.5) is 13.6 Å². The van der Waals surface area contributed by atoms with E-state index in [2.05, 4.69) is 15.8 Å². The summed E-state index contributed by atoms with van der Waals surface area (Å²) in [5.74, 6) is -1.45. The van der Waals surface area contributed by atoms with E-state index < -0.39 is 29.4 Å². The SMILES string of the molecule is C[C@H]1NN=CC1Cc1c(F)c(F)cc2c1OC(CNC(=O)OC(C)(C)C)C2. The number of benzene rings is 1. The van der Waals surface area contributed by atoms with E-state index in [1.165, 1.54) is 6.07 Å². The van der Waals surface area contributed by atoms with E-state index in [0.29, 0.717) is 17.7 Å². The Morgan fingerprint density at radius 1 is 1.44 bits per heavy atom. The Morgan fingerprint density at radius 3 is 2.81 bits per heavy atom. The zero-order valence-corrected chi connectivity index (χ0v) is 15.9. The number of carbonyl (C=O) groups excluding carboxylic acids is 1. The van der Waals surface area contributed by atoms with Crippen LogP contribution in [0.5, 0.6) is 5.75 Å². The third kappa shape index (κ3) is 4.48. The van der Waals surface area contributed by atoms with Crippen LogP contribution < -0.4 is 15.5 Å².